The number of aliphatic imine (C=N–C) groups is 1. The highest BCUT2D eigenvalue weighted by molar-refractivity contribution is 14.0. The predicted molar refractivity (Wildman–Crippen MR) is 111 cm³/mol. The van der Waals surface area contributed by atoms with Gasteiger partial charge in [-0.15, -0.1) is 24.0 Å². The van der Waals surface area contributed by atoms with E-state index >= 15 is 0 Å². The van der Waals surface area contributed by atoms with Gasteiger partial charge < -0.3 is 15.4 Å². The summed E-state index contributed by atoms with van der Waals surface area (Å²) in [5.41, 5.74) is 1.83. The maximum absolute atomic E-state index is 13.8. The second-order valence-corrected chi connectivity index (χ2v) is 5.43. The summed E-state index contributed by atoms with van der Waals surface area (Å²) >= 11 is 0. The maximum atomic E-state index is 13.8. The summed E-state index contributed by atoms with van der Waals surface area (Å²) in [6, 6.07) is 11.3. The molecule has 0 saturated heterocycles. The Morgan fingerprint density at radius 1 is 1.04 bits per heavy atom. The van der Waals surface area contributed by atoms with Crippen LogP contribution in [0.4, 0.5) is 8.78 Å². The number of ether oxygens (including phenoxy) is 1. The van der Waals surface area contributed by atoms with Gasteiger partial charge in [0, 0.05) is 20.1 Å². The lowest BCUT2D eigenvalue weighted by Gasteiger charge is -2.13. The average Bonchev–Trinajstić information content (AvgIpc) is 2.62. The number of benzene rings is 2. The van der Waals surface area contributed by atoms with E-state index in [4.69, 9.17) is 4.74 Å². The van der Waals surface area contributed by atoms with Crippen LogP contribution in [0, 0.1) is 11.6 Å². The van der Waals surface area contributed by atoms with Crippen molar-refractivity contribution < 1.29 is 13.5 Å². The van der Waals surface area contributed by atoms with Gasteiger partial charge in [0.05, 0.1) is 6.61 Å². The topological polar surface area (TPSA) is 45.6 Å². The molecule has 0 atom stereocenters. The van der Waals surface area contributed by atoms with Crippen molar-refractivity contribution in [3.63, 3.8) is 0 Å². The highest BCUT2D eigenvalue weighted by Crippen LogP contribution is 2.18. The minimum Gasteiger partial charge on any atom is -0.491 e. The van der Waals surface area contributed by atoms with Crippen molar-refractivity contribution in [2.75, 3.05) is 20.2 Å². The normalized spacial score (nSPS) is 10.8. The molecule has 0 aromatic heterocycles. The summed E-state index contributed by atoms with van der Waals surface area (Å²) in [5, 5.41) is 6.31. The molecule has 0 bridgehead atoms. The number of nitrogens with zero attached hydrogens (tertiary/aromatic N) is 1. The number of guanidine groups is 1. The molecular weight excluding hydrogens is 451 g/mol. The molecule has 142 valence electrons. The van der Waals surface area contributed by atoms with Crippen LogP contribution in [0.25, 0.3) is 0 Å². The van der Waals surface area contributed by atoms with Crippen molar-refractivity contribution in [2.24, 2.45) is 4.99 Å². The van der Waals surface area contributed by atoms with Crippen molar-refractivity contribution in [1.82, 2.24) is 10.6 Å². The van der Waals surface area contributed by atoms with Crippen LogP contribution >= 0.6 is 24.0 Å². The number of hydrogen-bond acceptors (Lipinski definition) is 2. The molecule has 26 heavy (non-hydrogen) atoms. The first-order valence-electron chi connectivity index (χ1n) is 8.22. The third kappa shape index (κ3) is 7.15. The average molecular weight is 475 g/mol. The number of hydrogen-bond donors (Lipinski definition) is 2. The summed E-state index contributed by atoms with van der Waals surface area (Å²) in [4.78, 5) is 4.13. The molecule has 0 saturated carbocycles. The van der Waals surface area contributed by atoms with Crippen LogP contribution in [0.3, 0.4) is 0 Å². The molecule has 0 spiro atoms. The van der Waals surface area contributed by atoms with Crippen LogP contribution in [0.2, 0.25) is 0 Å². The Morgan fingerprint density at radius 3 is 2.35 bits per heavy atom. The summed E-state index contributed by atoms with van der Waals surface area (Å²) in [6.45, 7) is 3.35. The Hall–Kier alpha value is -1.90. The fourth-order valence-electron chi connectivity index (χ4n) is 2.31. The fourth-order valence-corrected chi connectivity index (χ4v) is 2.31. The molecule has 0 radical (unpaired) electrons. The zero-order valence-corrected chi connectivity index (χ0v) is 17.2. The maximum Gasteiger partial charge on any atom is 0.191 e. The van der Waals surface area contributed by atoms with Crippen LogP contribution in [0.1, 0.15) is 18.1 Å². The molecule has 4 nitrogen and oxygen atoms in total. The van der Waals surface area contributed by atoms with Crippen LogP contribution in [-0.2, 0) is 13.0 Å². The molecule has 0 aliphatic carbocycles. The number of nitrogens with one attached hydrogen (secondary N) is 2. The Morgan fingerprint density at radius 2 is 1.73 bits per heavy atom. The van der Waals surface area contributed by atoms with E-state index in [-0.39, 0.29) is 41.4 Å². The molecule has 2 N–H and O–H groups in total. The van der Waals surface area contributed by atoms with Gasteiger partial charge in [0.15, 0.2) is 17.5 Å². The van der Waals surface area contributed by atoms with E-state index < -0.39 is 0 Å². The van der Waals surface area contributed by atoms with Crippen LogP contribution in [0.15, 0.2) is 47.5 Å². The molecule has 2 rings (SSSR count). The van der Waals surface area contributed by atoms with E-state index in [1.54, 1.807) is 25.2 Å². The van der Waals surface area contributed by atoms with Crippen LogP contribution in [-0.4, -0.2) is 26.2 Å². The number of halogens is 3. The van der Waals surface area contributed by atoms with E-state index in [2.05, 4.69) is 15.6 Å². The SMILES string of the molecule is CCOc1ccc(CNC(=NC)NCCc2ccc(F)cc2)cc1F.I. The van der Waals surface area contributed by atoms with E-state index in [1.807, 2.05) is 13.0 Å². The Kier molecular flexibility index (Phi) is 9.93. The molecule has 0 heterocycles. The van der Waals surface area contributed by atoms with Gasteiger partial charge in [0.1, 0.15) is 5.82 Å². The largest absolute Gasteiger partial charge is 0.491 e. The van der Waals surface area contributed by atoms with Crippen molar-refractivity contribution in [3.05, 3.63) is 65.2 Å². The Labute approximate surface area is 170 Å². The van der Waals surface area contributed by atoms with Gasteiger partial charge in [-0.05, 0) is 48.7 Å². The van der Waals surface area contributed by atoms with Gasteiger partial charge in [-0.3, -0.25) is 4.99 Å². The van der Waals surface area contributed by atoms with Crippen molar-refractivity contribution >= 4 is 29.9 Å². The van der Waals surface area contributed by atoms with E-state index in [9.17, 15) is 8.78 Å². The highest BCUT2D eigenvalue weighted by atomic mass is 127. The zero-order chi connectivity index (χ0) is 18.1. The predicted octanol–water partition coefficient (Wildman–Crippen LogP) is 3.89. The van der Waals surface area contributed by atoms with E-state index in [0.29, 0.717) is 25.7 Å². The second-order valence-electron chi connectivity index (χ2n) is 5.43. The van der Waals surface area contributed by atoms with Gasteiger partial charge in [-0.1, -0.05) is 18.2 Å². The summed E-state index contributed by atoms with van der Waals surface area (Å²) in [5.74, 6) is 0.265. The molecule has 0 amide bonds. The van der Waals surface area contributed by atoms with E-state index in [1.165, 1.54) is 18.2 Å². The quantitative estimate of drug-likeness (QED) is 0.363. The minimum absolute atomic E-state index is 0. The smallest absolute Gasteiger partial charge is 0.191 e. The minimum atomic E-state index is -0.375. The van der Waals surface area contributed by atoms with Gasteiger partial charge in [0.25, 0.3) is 0 Å². The third-order valence-electron chi connectivity index (χ3n) is 3.60. The van der Waals surface area contributed by atoms with Crippen molar-refractivity contribution in [1.29, 1.82) is 0 Å². The molecular formula is C19H24F2IN3O. The second kappa shape index (κ2) is 11.7. The molecule has 2 aromatic carbocycles. The van der Waals surface area contributed by atoms with Gasteiger partial charge in [0.2, 0.25) is 0 Å². The first-order chi connectivity index (χ1) is 12.1. The zero-order valence-electron chi connectivity index (χ0n) is 14.9. The molecule has 7 heteroatoms. The molecule has 0 aliphatic rings. The first-order valence-corrected chi connectivity index (χ1v) is 8.22. The van der Waals surface area contributed by atoms with Crippen LogP contribution in [0.5, 0.6) is 5.75 Å². The summed E-state index contributed by atoms with van der Waals surface area (Å²) in [7, 11) is 1.67. The molecule has 0 fully saturated rings. The standard InChI is InChI=1S/C19H23F2N3O.HI/c1-3-25-18-9-6-15(12-17(18)21)13-24-19(22-2)23-11-10-14-4-7-16(20)8-5-14;/h4-9,12H,3,10-11,13H2,1-2H3,(H2,22,23,24);1H. The lowest BCUT2D eigenvalue weighted by molar-refractivity contribution is 0.321. The number of rotatable bonds is 7. The third-order valence-corrected chi connectivity index (χ3v) is 3.60. The van der Waals surface area contributed by atoms with Gasteiger partial charge in [-0.2, -0.15) is 0 Å². The van der Waals surface area contributed by atoms with E-state index in [0.717, 1.165) is 17.5 Å². The van der Waals surface area contributed by atoms with Crippen LogP contribution < -0.4 is 15.4 Å². The van der Waals surface area contributed by atoms with Crippen molar-refractivity contribution in [3.8, 4) is 5.75 Å². The van der Waals surface area contributed by atoms with Crippen molar-refractivity contribution in [2.45, 2.75) is 19.9 Å². The van der Waals surface area contributed by atoms with Gasteiger partial charge in [-0.25, -0.2) is 8.78 Å². The monoisotopic (exact) mass is 475 g/mol. The lowest BCUT2D eigenvalue weighted by atomic mass is 10.1. The molecule has 0 aliphatic heterocycles. The first kappa shape index (κ1) is 22.1. The summed E-state index contributed by atoms with van der Waals surface area (Å²) in [6.07, 6.45) is 0.749. The Bertz CT molecular complexity index is 708. The lowest BCUT2D eigenvalue weighted by Crippen LogP contribution is -2.37. The Balaban J connectivity index is 0.00000338. The summed E-state index contributed by atoms with van der Waals surface area (Å²) < 4.78 is 31.9. The molecule has 0 unspecified atom stereocenters. The highest BCUT2D eigenvalue weighted by Gasteiger charge is 2.05. The van der Waals surface area contributed by atoms with Gasteiger partial charge >= 0.3 is 0 Å². The fraction of sp³-hybridized carbons (Fsp3) is 0.316. The molecule has 2 aromatic rings.